The number of terminal acetylenes is 1. The minimum atomic E-state index is -0.729. The fourth-order valence-corrected chi connectivity index (χ4v) is 2.60. The highest BCUT2D eigenvalue weighted by Crippen LogP contribution is 2.22. The van der Waals surface area contributed by atoms with Crippen molar-refractivity contribution >= 4 is 5.97 Å². The van der Waals surface area contributed by atoms with Crippen molar-refractivity contribution in [3.05, 3.63) is 65.1 Å². The zero-order chi connectivity index (χ0) is 25.9. The molecule has 0 aliphatic rings. The summed E-state index contributed by atoms with van der Waals surface area (Å²) in [6.45, 7) is 14.9. The lowest BCUT2D eigenvalue weighted by molar-refractivity contribution is -0.140. The predicted octanol–water partition coefficient (Wildman–Crippen LogP) is 7.19. The molecule has 2 rings (SSSR count). The van der Waals surface area contributed by atoms with Crippen LogP contribution in [0.25, 0.3) is 11.5 Å². The van der Waals surface area contributed by atoms with Crippen molar-refractivity contribution in [1.29, 1.82) is 0 Å². The molecule has 0 fully saturated rings. The van der Waals surface area contributed by atoms with E-state index in [2.05, 4.69) is 56.3 Å². The van der Waals surface area contributed by atoms with Crippen molar-refractivity contribution < 1.29 is 19.1 Å². The summed E-state index contributed by atoms with van der Waals surface area (Å²) in [4.78, 5) is 14.8. The molecule has 0 saturated heterocycles. The van der Waals surface area contributed by atoms with Crippen LogP contribution < -0.4 is 0 Å². The van der Waals surface area contributed by atoms with Gasteiger partial charge in [0, 0.05) is 12.0 Å². The van der Waals surface area contributed by atoms with Gasteiger partial charge in [0.05, 0.1) is 24.8 Å². The highest BCUT2D eigenvalue weighted by atomic mass is 16.5. The van der Waals surface area contributed by atoms with E-state index in [-0.39, 0.29) is 5.92 Å². The Labute approximate surface area is 206 Å². The summed E-state index contributed by atoms with van der Waals surface area (Å²) in [5.74, 6) is 2.84. The zero-order valence-electron chi connectivity index (χ0n) is 21.9. The lowest BCUT2D eigenvalue weighted by Gasteiger charge is -2.00. The van der Waals surface area contributed by atoms with E-state index < -0.39 is 5.97 Å². The molecule has 0 amide bonds. The van der Waals surface area contributed by atoms with E-state index in [9.17, 15) is 4.79 Å². The van der Waals surface area contributed by atoms with Gasteiger partial charge in [-0.2, -0.15) is 0 Å². The van der Waals surface area contributed by atoms with E-state index in [0.717, 1.165) is 29.9 Å². The molecule has 1 aromatic heterocycles. The van der Waals surface area contributed by atoms with Crippen LogP contribution in [0, 0.1) is 32.1 Å². The molecule has 1 N–H and O–H groups in total. The number of oxazole rings is 1. The fourth-order valence-electron chi connectivity index (χ4n) is 2.60. The molecule has 0 saturated carbocycles. The van der Waals surface area contributed by atoms with Crippen LogP contribution in [0.1, 0.15) is 64.5 Å². The molecule has 0 spiro atoms. The lowest BCUT2D eigenvalue weighted by Crippen LogP contribution is -2.07. The molecular weight excluding hydrogens is 426 g/mol. The van der Waals surface area contributed by atoms with E-state index in [0.29, 0.717) is 25.5 Å². The molecule has 0 radical (unpaired) electrons. The number of benzene rings is 1. The first-order valence-corrected chi connectivity index (χ1v) is 11.7. The Kier molecular flexibility index (Phi) is 16.7. The molecule has 1 aromatic carbocycles. The molecule has 2 aromatic rings. The standard InChI is InChI=1S/C19H25NO2.C7H12O2.C3H4/c1-5-14(2)9-11-21-12-10-18-16(4)22-19(20-18)17-8-6-7-15(3)13-17;1-3-4-5-6(2)7(8)9;1-3-2/h6-9,13H,5,10-12H2,1-4H3;3-4,6H,5H2,1-2H3,(H,8,9);1H,2H3/b14-9+;4-3+;/t;6-;/m.0./s1. The summed E-state index contributed by atoms with van der Waals surface area (Å²) < 4.78 is 11.4. The van der Waals surface area contributed by atoms with E-state index in [4.69, 9.17) is 14.3 Å². The van der Waals surface area contributed by atoms with Crippen molar-refractivity contribution in [2.45, 2.75) is 67.7 Å². The van der Waals surface area contributed by atoms with Crippen LogP contribution in [0.4, 0.5) is 0 Å². The van der Waals surface area contributed by atoms with Gasteiger partial charge in [-0.1, -0.05) is 55.3 Å². The van der Waals surface area contributed by atoms with Gasteiger partial charge in [-0.25, -0.2) is 4.98 Å². The lowest BCUT2D eigenvalue weighted by atomic mass is 10.1. The monoisotopic (exact) mass is 467 g/mol. The number of carboxylic acids is 1. The summed E-state index contributed by atoms with van der Waals surface area (Å²) >= 11 is 0. The topological polar surface area (TPSA) is 72.6 Å². The van der Waals surface area contributed by atoms with E-state index >= 15 is 0 Å². The van der Waals surface area contributed by atoms with Gasteiger partial charge in [-0.3, -0.25) is 4.79 Å². The fraction of sp³-hybridized carbons (Fsp3) is 0.448. The van der Waals surface area contributed by atoms with Crippen LogP contribution in [0.5, 0.6) is 0 Å². The zero-order valence-corrected chi connectivity index (χ0v) is 21.9. The first-order valence-electron chi connectivity index (χ1n) is 11.7. The van der Waals surface area contributed by atoms with Crippen LogP contribution in [-0.4, -0.2) is 29.3 Å². The van der Waals surface area contributed by atoms with Gasteiger partial charge in [0.25, 0.3) is 0 Å². The van der Waals surface area contributed by atoms with Crippen LogP contribution >= 0.6 is 0 Å². The SMILES string of the molecule is C#CC.C/C=C/C[C@H](C)C(=O)O.CC/C(C)=C/COCCc1nc(-c2cccc(C)c2)oc1C. The molecule has 34 heavy (non-hydrogen) atoms. The van der Waals surface area contributed by atoms with Crippen LogP contribution in [0.2, 0.25) is 0 Å². The normalized spacial score (nSPS) is 11.6. The molecular formula is C29H41NO4. The number of nitrogens with zero attached hydrogens (tertiary/aromatic N) is 1. The predicted molar refractivity (Wildman–Crippen MR) is 141 cm³/mol. The molecule has 186 valence electrons. The Morgan fingerprint density at radius 3 is 2.59 bits per heavy atom. The molecule has 1 heterocycles. The van der Waals surface area contributed by atoms with Crippen molar-refractivity contribution in [3.8, 4) is 23.8 Å². The third-order valence-corrected chi connectivity index (χ3v) is 4.90. The number of carbonyl (C=O) groups is 1. The average molecular weight is 468 g/mol. The molecule has 5 nitrogen and oxygen atoms in total. The number of hydrogen-bond donors (Lipinski definition) is 1. The maximum absolute atomic E-state index is 10.2. The number of aromatic nitrogens is 1. The van der Waals surface area contributed by atoms with Crippen molar-refractivity contribution in [1.82, 2.24) is 4.98 Å². The largest absolute Gasteiger partial charge is 0.481 e. The first kappa shape index (κ1) is 30.9. The number of hydrogen-bond acceptors (Lipinski definition) is 4. The van der Waals surface area contributed by atoms with Gasteiger partial charge < -0.3 is 14.3 Å². The van der Waals surface area contributed by atoms with Gasteiger partial charge in [0.15, 0.2) is 0 Å². The molecule has 0 aliphatic heterocycles. The van der Waals surface area contributed by atoms with Crippen LogP contribution in [0.15, 0.2) is 52.5 Å². The van der Waals surface area contributed by atoms with Gasteiger partial charge in [0.2, 0.25) is 5.89 Å². The van der Waals surface area contributed by atoms with Gasteiger partial charge in [-0.15, -0.1) is 12.3 Å². The average Bonchev–Trinajstić information content (AvgIpc) is 3.18. The maximum atomic E-state index is 10.2. The Bertz CT molecular complexity index is 947. The smallest absolute Gasteiger partial charge is 0.306 e. The number of aliphatic carboxylic acids is 1. The molecule has 1 atom stereocenters. The summed E-state index contributed by atoms with van der Waals surface area (Å²) in [6, 6.07) is 8.20. The second-order valence-corrected chi connectivity index (χ2v) is 7.95. The second-order valence-electron chi connectivity index (χ2n) is 7.95. The molecule has 0 aliphatic carbocycles. The first-order chi connectivity index (χ1) is 16.2. The van der Waals surface area contributed by atoms with Gasteiger partial charge in [0.1, 0.15) is 5.76 Å². The van der Waals surface area contributed by atoms with E-state index in [1.54, 1.807) is 13.8 Å². The minimum absolute atomic E-state index is 0.249. The molecule has 0 unspecified atom stereocenters. The summed E-state index contributed by atoms with van der Waals surface area (Å²) in [6.07, 6.45) is 12.9. The molecule has 0 bridgehead atoms. The Hall–Kier alpha value is -3.10. The minimum Gasteiger partial charge on any atom is -0.481 e. The molecule has 5 heteroatoms. The number of aryl methyl sites for hydroxylation is 2. The van der Waals surface area contributed by atoms with E-state index in [1.165, 1.54) is 11.1 Å². The Morgan fingerprint density at radius 1 is 1.35 bits per heavy atom. The van der Waals surface area contributed by atoms with Crippen molar-refractivity contribution in [2.75, 3.05) is 13.2 Å². The van der Waals surface area contributed by atoms with E-state index in [1.807, 2.05) is 38.1 Å². The Morgan fingerprint density at radius 2 is 2.03 bits per heavy atom. The summed E-state index contributed by atoms with van der Waals surface area (Å²) in [5.41, 5.74) is 4.57. The van der Waals surface area contributed by atoms with Crippen molar-refractivity contribution in [2.24, 2.45) is 5.92 Å². The Balaban J connectivity index is 0.000000759. The quantitative estimate of drug-likeness (QED) is 0.227. The highest BCUT2D eigenvalue weighted by Gasteiger charge is 2.11. The summed E-state index contributed by atoms with van der Waals surface area (Å²) in [5, 5.41) is 8.37. The third-order valence-electron chi connectivity index (χ3n) is 4.90. The number of carboxylic acid groups (broad SMARTS) is 1. The van der Waals surface area contributed by atoms with Crippen LogP contribution in [0.3, 0.4) is 0 Å². The van der Waals surface area contributed by atoms with Crippen LogP contribution in [-0.2, 0) is 16.0 Å². The summed E-state index contributed by atoms with van der Waals surface area (Å²) in [7, 11) is 0. The highest BCUT2D eigenvalue weighted by molar-refractivity contribution is 5.69. The van der Waals surface area contributed by atoms with Crippen molar-refractivity contribution in [3.63, 3.8) is 0 Å². The number of allylic oxidation sites excluding steroid dienone is 3. The second kappa shape index (κ2) is 18.3. The number of ether oxygens (including phenoxy) is 1. The number of rotatable bonds is 10. The maximum Gasteiger partial charge on any atom is 0.306 e. The van der Waals surface area contributed by atoms with Gasteiger partial charge in [-0.05, 0) is 59.6 Å². The van der Waals surface area contributed by atoms with Gasteiger partial charge >= 0.3 is 5.97 Å². The third kappa shape index (κ3) is 13.4.